The van der Waals surface area contributed by atoms with Gasteiger partial charge in [0, 0.05) is 12.8 Å². The second-order valence-electron chi connectivity index (χ2n) is 15.3. The van der Waals surface area contributed by atoms with Crippen molar-refractivity contribution < 1.29 is 29.4 Å². The summed E-state index contributed by atoms with van der Waals surface area (Å²) in [6.45, 7) is 11.5. The molecule has 10 nitrogen and oxygen atoms in total. The van der Waals surface area contributed by atoms with Crippen molar-refractivity contribution in [3.05, 3.63) is 83.9 Å². The van der Waals surface area contributed by atoms with Crippen LogP contribution in [0.5, 0.6) is 0 Å². The number of nitrogens with one attached hydrogen (secondary N) is 4. The molecule has 290 valence electrons. The number of aliphatic hydroxyl groups excluding tert-OH is 2. The van der Waals surface area contributed by atoms with Gasteiger partial charge in [-0.15, -0.1) is 0 Å². The number of carbonyl (C=O) groups excluding carboxylic acids is 4. The topological polar surface area (TPSA) is 157 Å². The van der Waals surface area contributed by atoms with Crippen molar-refractivity contribution >= 4 is 34.4 Å². The molecule has 0 aliphatic heterocycles. The van der Waals surface area contributed by atoms with Crippen molar-refractivity contribution in [3.63, 3.8) is 0 Å². The molecule has 3 unspecified atom stereocenters. The lowest BCUT2D eigenvalue weighted by Gasteiger charge is -2.30. The average molecular weight is 731 g/mol. The van der Waals surface area contributed by atoms with Crippen molar-refractivity contribution in [2.45, 2.75) is 123 Å². The van der Waals surface area contributed by atoms with E-state index in [0.29, 0.717) is 19.3 Å². The van der Waals surface area contributed by atoms with E-state index in [1.165, 1.54) is 0 Å². The molecule has 0 heterocycles. The van der Waals surface area contributed by atoms with Gasteiger partial charge >= 0.3 is 0 Å². The van der Waals surface area contributed by atoms with Crippen LogP contribution in [-0.4, -0.2) is 70.7 Å². The molecule has 3 rings (SSSR count). The molecule has 4 amide bonds. The standard InChI is InChI=1S/C43H62N4O6/c1-7-30(6)38(27-48)45-41(51)26-39(49)35(23-28(2)3)46-42(52)36(24-29(4)5)47-43(53)37(25-33-20-14-19-32-18-11-12-21-34(32)33)44-40(50)22-13-17-31-15-9-8-10-16-31/h8-12,14-16,18-21,28-30,35-39,48-49H,7,13,17,22-27H2,1-6H3,(H,44,50)(H,45,51)(H,46,52)(H,47,53)/t30?,35?,36-,37-,38+,39?/m0/s1. The highest BCUT2D eigenvalue weighted by molar-refractivity contribution is 5.93. The Morgan fingerprint density at radius 2 is 1.32 bits per heavy atom. The fourth-order valence-corrected chi connectivity index (χ4v) is 6.59. The van der Waals surface area contributed by atoms with Crippen LogP contribution in [-0.2, 0) is 32.0 Å². The van der Waals surface area contributed by atoms with Crippen LogP contribution in [0.4, 0.5) is 0 Å². The van der Waals surface area contributed by atoms with Crippen LogP contribution >= 0.6 is 0 Å². The molecular formula is C43H62N4O6. The Morgan fingerprint density at radius 1 is 0.679 bits per heavy atom. The van der Waals surface area contributed by atoms with Crippen LogP contribution in [0.2, 0.25) is 0 Å². The molecule has 10 heteroatoms. The number of hydrogen-bond donors (Lipinski definition) is 6. The van der Waals surface area contributed by atoms with Gasteiger partial charge in [0.05, 0.1) is 31.2 Å². The second kappa shape index (κ2) is 22.1. The zero-order valence-corrected chi connectivity index (χ0v) is 32.4. The van der Waals surface area contributed by atoms with E-state index in [-0.39, 0.29) is 49.5 Å². The fourth-order valence-electron chi connectivity index (χ4n) is 6.59. The average Bonchev–Trinajstić information content (AvgIpc) is 3.12. The number of aryl methyl sites for hydroxylation is 1. The van der Waals surface area contributed by atoms with Gasteiger partial charge in [0.15, 0.2) is 0 Å². The Bertz CT molecular complexity index is 1590. The van der Waals surface area contributed by atoms with Gasteiger partial charge in [-0.25, -0.2) is 0 Å². The van der Waals surface area contributed by atoms with Crippen LogP contribution < -0.4 is 21.3 Å². The number of carbonyl (C=O) groups is 4. The summed E-state index contributed by atoms with van der Waals surface area (Å²) in [4.78, 5) is 54.3. The summed E-state index contributed by atoms with van der Waals surface area (Å²) in [5.74, 6) is -1.44. The molecule has 0 aliphatic rings. The highest BCUT2D eigenvalue weighted by Gasteiger charge is 2.32. The van der Waals surface area contributed by atoms with E-state index in [4.69, 9.17) is 0 Å². The number of fused-ring (bicyclic) bond motifs is 1. The summed E-state index contributed by atoms with van der Waals surface area (Å²) >= 11 is 0. The Balaban J connectivity index is 1.79. The molecule has 0 saturated carbocycles. The summed E-state index contributed by atoms with van der Waals surface area (Å²) in [6.07, 6.45) is 1.86. The monoisotopic (exact) mass is 730 g/mol. The first-order valence-electron chi connectivity index (χ1n) is 19.3. The minimum atomic E-state index is -1.19. The molecule has 53 heavy (non-hydrogen) atoms. The summed E-state index contributed by atoms with van der Waals surface area (Å²) in [6, 6.07) is 20.6. The predicted octanol–water partition coefficient (Wildman–Crippen LogP) is 5.23. The molecule has 0 spiro atoms. The minimum Gasteiger partial charge on any atom is -0.394 e. The molecule has 0 radical (unpaired) electrons. The summed E-state index contributed by atoms with van der Waals surface area (Å²) in [5.41, 5.74) is 2.03. The Morgan fingerprint density at radius 3 is 1.98 bits per heavy atom. The minimum absolute atomic E-state index is 0.0327. The van der Waals surface area contributed by atoms with Crippen LogP contribution in [0.3, 0.4) is 0 Å². The Hall–Kier alpha value is -4.28. The molecule has 0 aliphatic carbocycles. The van der Waals surface area contributed by atoms with Gasteiger partial charge in [-0.1, -0.05) is 121 Å². The molecule has 0 saturated heterocycles. The summed E-state index contributed by atoms with van der Waals surface area (Å²) in [5, 5.41) is 34.6. The van der Waals surface area contributed by atoms with Gasteiger partial charge in [0.2, 0.25) is 23.6 Å². The normalized spacial score (nSPS) is 14.9. The van der Waals surface area contributed by atoms with Gasteiger partial charge < -0.3 is 31.5 Å². The van der Waals surface area contributed by atoms with Gasteiger partial charge in [0.1, 0.15) is 12.1 Å². The Labute approximate surface area is 315 Å². The highest BCUT2D eigenvalue weighted by atomic mass is 16.3. The SMILES string of the molecule is CCC(C)[C@@H](CO)NC(=O)CC(O)C(CC(C)C)NC(=O)[C@H](CC(C)C)NC(=O)[C@H](Cc1cccc2ccccc12)NC(=O)CCCc1ccccc1. The quantitative estimate of drug-likeness (QED) is 0.0832. The van der Waals surface area contributed by atoms with E-state index in [2.05, 4.69) is 21.3 Å². The van der Waals surface area contributed by atoms with Gasteiger partial charge in [-0.2, -0.15) is 0 Å². The van der Waals surface area contributed by atoms with Crippen molar-refractivity contribution in [2.75, 3.05) is 6.61 Å². The maximum Gasteiger partial charge on any atom is 0.243 e. The maximum absolute atomic E-state index is 14.1. The number of aliphatic hydroxyl groups is 2. The molecule has 0 bridgehead atoms. The molecule has 3 aromatic carbocycles. The predicted molar refractivity (Wildman–Crippen MR) is 211 cm³/mol. The number of benzene rings is 3. The molecule has 6 atom stereocenters. The van der Waals surface area contributed by atoms with E-state index in [1.807, 2.05) is 114 Å². The lowest BCUT2D eigenvalue weighted by atomic mass is 9.95. The molecule has 0 aromatic heterocycles. The van der Waals surface area contributed by atoms with Crippen molar-refractivity contribution in [1.82, 2.24) is 21.3 Å². The molecule has 6 N–H and O–H groups in total. The van der Waals surface area contributed by atoms with Crippen LogP contribution in [0.25, 0.3) is 10.8 Å². The van der Waals surface area contributed by atoms with Crippen molar-refractivity contribution in [3.8, 4) is 0 Å². The third-order valence-electron chi connectivity index (χ3n) is 9.79. The Kier molecular flexibility index (Phi) is 17.9. The number of hydrogen-bond acceptors (Lipinski definition) is 6. The van der Waals surface area contributed by atoms with E-state index >= 15 is 0 Å². The van der Waals surface area contributed by atoms with Gasteiger partial charge in [-0.3, -0.25) is 19.2 Å². The second-order valence-corrected chi connectivity index (χ2v) is 15.3. The third kappa shape index (κ3) is 14.6. The zero-order valence-electron chi connectivity index (χ0n) is 32.4. The van der Waals surface area contributed by atoms with Gasteiger partial charge in [-0.05, 0) is 65.3 Å². The largest absolute Gasteiger partial charge is 0.394 e. The lowest BCUT2D eigenvalue weighted by Crippen LogP contribution is -2.57. The number of rotatable bonds is 22. The summed E-state index contributed by atoms with van der Waals surface area (Å²) in [7, 11) is 0. The van der Waals surface area contributed by atoms with Crippen molar-refractivity contribution in [2.24, 2.45) is 17.8 Å². The van der Waals surface area contributed by atoms with Crippen LogP contribution in [0.1, 0.15) is 91.2 Å². The highest BCUT2D eigenvalue weighted by Crippen LogP contribution is 2.21. The first-order chi connectivity index (χ1) is 25.3. The first kappa shape index (κ1) is 43.1. The molecular weight excluding hydrogens is 668 g/mol. The van der Waals surface area contributed by atoms with Crippen molar-refractivity contribution in [1.29, 1.82) is 0 Å². The lowest BCUT2D eigenvalue weighted by molar-refractivity contribution is -0.133. The maximum atomic E-state index is 14.1. The van der Waals surface area contributed by atoms with E-state index in [9.17, 15) is 29.4 Å². The van der Waals surface area contributed by atoms with E-state index < -0.39 is 48.0 Å². The first-order valence-corrected chi connectivity index (χ1v) is 19.3. The van der Waals surface area contributed by atoms with E-state index in [1.54, 1.807) is 0 Å². The van der Waals surface area contributed by atoms with Gasteiger partial charge in [0.25, 0.3) is 0 Å². The third-order valence-corrected chi connectivity index (χ3v) is 9.79. The smallest absolute Gasteiger partial charge is 0.243 e. The fraction of sp³-hybridized carbons (Fsp3) is 0.535. The summed E-state index contributed by atoms with van der Waals surface area (Å²) < 4.78 is 0. The van der Waals surface area contributed by atoms with Crippen LogP contribution in [0.15, 0.2) is 72.8 Å². The van der Waals surface area contributed by atoms with E-state index in [0.717, 1.165) is 34.7 Å². The zero-order chi connectivity index (χ0) is 38.9. The number of amides is 4. The van der Waals surface area contributed by atoms with Crippen LogP contribution in [0, 0.1) is 17.8 Å². The molecule has 0 fully saturated rings. The molecule has 3 aromatic rings.